The minimum absolute atomic E-state index is 0.0246. The third kappa shape index (κ3) is 3.78. The zero-order valence-corrected chi connectivity index (χ0v) is 12.8. The first-order valence-corrected chi connectivity index (χ1v) is 8.29. The molecular weight excluding hydrogens is 292 g/mol. The van der Waals surface area contributed by atoms with Crippen LogP contribution < -0.4 is 5.73 Å². The van der Waals surface area contributed by atoms with Gasteiger partial charge in [-0.15, -0.1) is 0 Å². The SMILES string of the molecule is CC(N)CC(=O)N1CCN(S(=O)(=O)c2cccnc2)CC1. The summed E-state index contributed by atoms with van der Waals surface area (Å²) in [5, 5.41) is 0. The van der Waals surface area contributed by atoms with E-state index in [1.165, 1.54) is 22.8 Å². The van der Waals surface area contributed by atoms with E-state index in [2.05, 4.69) is 4.98 Å². The molecule has 8 heteroatoms. The summed E-state index contributed by atoms with van der Waals surface area (Å²) >= 11 is 0. The van der Waals surface area contributed by atoms with Gasteiger partial charge in [0.05, 0.1) is 0 Å². The number of hydrogen-bond donors (Lipinski definition) is 1. The molecule has 1 aliphatic rings. The molecule has 1 fully saturated rings. The number of sulfonamides is 1. The summed E-state index contributed by atoms with van der Waals surface area (Å²) < 4.78 is 26.2. The topological polar surface area (TPSA) is 96.6 Å². The highest BCUT2D eigenvalue weighted by Crippen LogP contribution is 2.16. The van der Waals surface area contributed by atoms with Gasteiger partial charge in [0, 0.05) is 51.0 Å². The molecule has 1 aromatic rings. The molecule has 1 atom stereocenters. The lowest BCUT2D eigenvalue weighted by Crippen LogP contribution is -2.51. The van der Waals surface area contributed by atoms with Crippen LogP contribution in [0.25, 0.3) is 0 Å². The van der Waals surface area contributed by atoms with Gasteiger partial charge in [-0.1, -0.05) is 0 Å². The summed E-state index contributed by atoms with van der Waals surface area (Å²) in [6, 6.07) is 2.93. The molecule has 1 amide bonds. The maximum absolute atomic E-state index is 12.4. The summed E-state index contributed by atoms with van der Waals surface area (Å²) in [7, 11) is -3.53. The molecule has 0 aromatic carbocycles. The molecular formula is C13H20N4O3S. The molecule has 2 heterocycles. The molecule has 0 aliphatic carbocycles. The van der Waals surface area contributed by atoms with E-state index in [1.807, 2.05) is 0 Å². The van der Waals surface area contributed by atoms with Crippen molar-refractivity contribution in [3.63, 3.8) is 0 Å². The first kappa shape index (κ1) is 15.9. The Morgan fingerprint density at radius 2 is 2.05 bits per heavy atom. The standard InChI is InChI=1S/C13H20N4O3S/c1-11(14)9-13(18)16-5-7-17(8-6-16)21(19,20)12-3-2-4-15-10-12/h2-4,10-11H,5-9,14H2,1H3. The summed E-state index contributed by atoms with van der Waals surface area (Å²) in [5.74, 6) is -0.0246. The number of aromatic nitrogens is 1. The average molecular weight is 312 g/mol. The monoisotopic (exact) mass is 312 g/mol. The van der Waals surface area contributed by atoms with Crippen LogP contribution in [-0.4, -0.2) is 60.7 Å². The van der Waals surface area contributed by atoms with E-state index in [0.717, 1.165) is 0 Å². The van der Waals surface area contributed by atoms with Gasteiger partial charge in [0.2, 0.25) is 15.9 Å². The van der Waals surface area contributed by atoms with Gasteiger partial charge in [-0.05, 0) is 19.1 Å². The average Bonchev–Trinajstić information content (AvgIpc) is 2.47. The van der Waals surface area contributed by atoms with Crippen LogP contribution in [-0.2, 0) is 14.8 Å². The molecule has 2 N–H and O–H groups in total. The normalized spacial score (nSPS) is 18.5. The van der Waals surface area contributed by atoms with Crippen molar-refractivity contribution in [2.75, 3.05) is 26.2 Å². The smallest absolute Gasteiger partial charge is 0.244 e. The maximum Gasteiger partial charge on any atom is 0.244 e. The van der Waals surface area contributed by atoms with Crippen LogP contribution in [0.3, 0.4) is 0 Å². The van der Waals surface area contributed by atoms with Crippen molar-refractivity contribution >= 4 is 15.9 Å². The summed E-state index contributed by atoms with van der Waals surface area (Å²) in [4.78, 5) is 17.6. The molecule has 21 heavy (non-hydrogen) atoms. The van der Waals surface area contributed by atoms with E-state index in [1.54, 1.807) is 17.9 Å². The predicted octanol–water partition coefficient (Wildman–Crippen LogP) is -0.348. The zero-order valence-electron chi connectivity index (χ0n) is 12.0. The Bertz CT molecular complexity index is 581. The number of pyridine rings is 1. The lowest BCUT2D eigenvalue weighted by molar-refractivity contribution is -0.132. The first-order valence-electron chi connectivity index (χ1n) is 6.85. The maximum atomic E-state index is 12.4. The molecule has 0 bridgehead atoms. The number of carbonyl (C=O) groups is 1. The van der Waals surface area contributed by atoms with Crippen molar-refractivity contribution < 1.29 is 13.2 Å². The number of carbonyl (C=O) groups excluding carboxylic acids is 1. The van der Waals surface area contributed by atoms with Gasteiger partial charge in [-0.3, -0.25) is 9.78 Å². The second-order valence-corrected chi connectivity index (χ2v) is 7.09. The highest BCUT2D eigenvalue weighted by molar-refractivity contribution is 7.89. The number of nitrogens with zero attached hydrogens (tertiary/aromatic N) is 3. The van der Waals surface area contributed by atoms with Gasteiger partial charge in [-0.25, -0.2) is 8.42 Å². The van der Waals surface area contributed by atoms with Crippen LogP contribution in [0.1, 0.15) is 13.3 Å². The highest BCUT2D eigenvalue weighted by atomic mass is 32.2. The number of piperazine rings is 1. The number of rotatable bonds is 4. The molecule has 7 nitrogen and oxygen atoms in total. The zero-order chi connectivity index (χ0) is 15.5. The van der Waals surface area contributed by atoms with Crippen molar-refractivity contribution in [1.29, 1.82) is 0 Å². The lowest BCUT2D eigenvalue weighted by Gasteiger charge is -2.34. The Labute approximate surface area is 124 Å². The molecule has 1 aliphatic heterocycles. The lowest BCUT2D eigenvalue weighted by atomic mass is 10.2. The van der Waals surface area contributed by atoms with Crippen molar-refractivity contribution in [3.05, 3.63) is 24.5 Å². The van der Waals surface area contributed by atoms with Crippen LogP contribution in [0, 0.1) is 0 Å². The Morgan fingerprint density at radius 3 is 2.57 bits per heavy atom. The molecule has 0 saturated carbocycles. The van der Waals surface area contributed by atoms with Crippen LogP contribution >= 0.6 is 0 Å². The Morgan fingerprint density at radius 1 is 1.38 bits per heavy atom. The van der Waals surface area contributed by atoms with E-state index in [4.69, 9.17) is 5.73 Å². The third-order valence-corrected chi connectivity index (χ3v) is 5.24. The minimum Gasteiger partial charge on any atom is -0.340 e. The molecule has 2 rings (SSSR count). The van der Waals surface area contributed by atoms with Crippen LogP contribution in [0.15, 0.2) is 29.4 Å². The van der Waals surface area contributed by atoms with Crippen LogP contribution in [0.2, 0.25) is 0 Å². The quantitative estimate of drug-likeness (QED) is 0.820. The van der Waals surface area contributed by atoms with E-state index in [9.17, 15) is 13.2 Å². The van der Waals surface area contributed by atoms with E-state index >= 15 is 0 Å². The van der Waals surface area contributed by atoms with Crippen LogP contribution in [0.5, 0.6) is 0 Å². The third-order valence-electron chi connectivity index (χ3n) is 3.36. The van der Waals surface area contributed by atoms with Gasteiger partial charge < -0.3 is 10.6 Å². The Hall–Kier alpha value is -1.51. The fraction of sp³-hybridized carbons (Fsp3) is 0.538. The highest BCUT2D eigenvalue weighted by Gasteiger charge is 2.30. The van der Waals surface area contributed by atoms with Crippen molar-refractivity contribution in [2.24, 2.45) is 5.73 Å². The van der Waals surface area contributed by atoms with Crippen LogP contribution in [0.4, 0.5) is 0 Å². The number of amides is 1. The van der Waals surface area contributed by atoms with E-state index < -0.39 is 10.0 Å². The van der Waals surface area contributed by atoms with Crippen molar-refractivity contribution in [1.82, 2.24) is 14.2 Å². The van der Waals surface area contributed by atoms with Gasteiger partial charge in [-0.2, -0.15) is 4.31 Å². The van der Waals surface area contributed by atoms with E-state index in [0.29, 0.717) is 26.2 Å². The summed E-state index contributed by atoms with van der Waals surface area (Å²) in [5.41, 5.74) is 5.61. The molecule has 1 saturated heterocycles. The second kappa shape index (κ2) is 6.50. The van der Waals surface area contributed by atoms with Gasteiger partial charge in [0.1, 0.15) is 4.90 Å². The van der Waals surface area contributed by atoms with Crippen molar-refractivity contribution in [2.45, 2.75) is 24.3 Å². The minimum atomic E-state index is -3.53. The summed E-state index contributed by atoms with van der Waals surface area (Å²) in [6.07, 6.45) is 3.15. The van der Waals surface area contributed by atoms with E-state index in [-0.39, 0.29) is 23.3 Å². The second-order valence-electron chi connectivity index (χ2n) is 5.16. The Kier molecular flexibility index (Phi) is 4.92. The largest absolute Gasteiger partial charge is 0.340 e. The van der Waals surface area contributed by atoms with Gasteiger partial charge in [0.15, 0.2) is 0 Å². The van der Waals surface area contributed by atoms with Gasteiger partial charge >= 0.3 is 0 Å². The molecule has 1 aromatic heterocycles. The fourth-order valence-corrected chi connectivity index (χ4v) is 3.62. The Balaban J connectivity index is 2.00. The molecule has 0 radical (unpaired) electrons. The van der Waals surface area contributed by atoms with Gasteiger partial charge in [0.25, 0.3) is 0 Å². The number of hydrogen-bond acceptors (Lipinski definition) is 5. The molecule has 116 valence electrons. The molecule has 0 spiro atoms. The summed E-state index contributed by atoms with van der Waals surface area (Å²) in [6.45, 7) is 3.15. The first-order chi connectivity index (χ1) is 9.91. The van der Waals surface area contributed by atoms with Crippen molar-refractivity contribution in [3.8, 4) is 0 Å². The predicted molar refractivity (Wildman–Crippen MR) is 77.8 cm³/mol. The molecule has 1 unspecified atom stereocenters. The number of nitrogens with two attached hydrogens (primary N) is 1. The fourth-order valence-electron chi connectivity index (χ4n) is 2.23.